The zero-order valence-corrected chi connectivity index (χ0v) is 17.0. The molecule has 0 N–H and O–H groups in total. The van der Waals surface area contributed by atoms with Crippen LogP contribution in [0.3, 0.4) is 0 Å². The Hall–Kier alpha value is -2.93. The molecule has 0 aliphatic rings. The second-order valence-electron chi connectivity index (χ2n) is 6.17. The largest absolute Gasteiger partial charge is 0.465 e. The van der Waals surface area contributed by atoms with Gasteiger partial charge in [0.25, 0.3) is 0 Å². The van der Waals surface area contributed by atoms with E-state index in [1.54, 1.807) is 30.4 Å². The molecule has 28 heavy (non-hydrogen) atoms. The lowest BCUT2D eigenvalue weighted by molar-refractivity contribution is 0.0599. The van der Waals surface area contributed by atoms with Crippen molar-refractivity contribution in [2.75, 3.05) is 20.5 Å². The predicted octanol–water partition coefficient (Wildman–Crippen LogP) is 3.29. The third kappa shape index (κ3) is 4.86. The number of carbonyl (C=O) groups excluding carboxylic acids is 2. The number of hydrogen-bond donors (Lipinski definition) is 0. The first kappa shape index (κ1) is 21.4. The summed E-state index contributed by atoms with van der Waals surface area (Å²) < 4.78 is 32.9. The number of carbonyl (C=O) groups is 2. The Morgan fingerprint density at radius 2 is 1.61 bits per heavy atom. The van der Waals surface area contributed by atoms with E-state index in [0.717, 1.165) is 11.8 Å². The molecule has 0 saturated carbocycles. The summed E-state index contributed by atoms with van der Waals surface area (Å²) >= 11 is 0. The van der Waals surface area contributed by atoms with Gasteiger partial charge in [-0.25, -0.2) is 18.0 Å². The highest BCUT2D eigenvalue weighted by atomic mass is 32.2. The lowest BCUT2D eigenvalue weighted by Crippen LogP contribution is -2.11. The molecule has 0 amide bonds. The fourth-order valence-corrected chi connectivity index (χ4v) is 3.44. The summed E-state index contributed by atoms with van der Waals surface area (Å²) in [5.41, 5.74) is 2.67. The number of ether oxygens (including phenoxy) is 2. The second-order valence-corrected chi connectivity index (χ2v) is 8.19. The van der Waals surface area contributed by atoms with Gasteiger partial charge in [-0.1, -0.05) is 24.3 Å². The summed E-state index contributed by atoms with van der Waals surface area (Å²) in [6.07, 6.45) is 5.09. The first-order valence-corrected chi connectivity index (χ1v) is 10.4. The molecule has 0 aliphatic carbocycles. The zero-order valence-electron chi connectivity index (χ0n) is 16.2. The van der Waals surface area contributed by atoms with E-state index in [4.69, 9.17) is 9.47 Å². The fourth-order valence-electron chi connectivity index (χ4n) is 2.81. The Bertz CT molecular complexity index is 1020. The lowest BCUT2D eigenvalue weighted by atomic mass is 9.92. The molecule has 6 nitrogen and oxygen atoms in total. The van der Waals surface area contributed by atoms with Crippen LogP contribution in [0.4, 0.5) is 0 Å². The van der Waals surface area contributed by atoms with E-state index >= 15 is 0 Å². The minimum Gasteiger partial charge on any atom is -0.465 e. The van der Waals surface area contributed by atoms with Gasteiger partial charge in [0.2, 0.25) is 0 Å². The van der Waals surface area contributed by atoms with E-state index in [-0.39, 0.29) is 16.0 Å². The van der Waals surface area contributed by atoms with Crippen LogP contribution in [0, 0.1) is 0 Å². The highest BCUT2D eigenvalue weighted by molar-refractivity contribution is 7.90. The third-order valence-corrected chi connectivity index (χ3v) is 5.30. The number of methoxy groups -OCH3 is 2. The van der Waals surface area contributed by atoms with Crippen molar-refractivity contribution in [3.63, 3.8) is 0 Å². The van der Waals surface area contributed by atoms with Crippen molar-refractivity contribution in [2.45, 2.75) is 18.2 Å². The summed E-state index contributed by atoms with van der Waals surface area (Å²) in [7, 11) is -0.744. The molecule has 0 unspecified atom stereocenters. The molecule has 2 rings (SSSR count). The summed E-state index contributed by atoms with van der Waals surface area (Å²) in [4.78, 5) is 24.5. The van der Waals surface area contributed by atoms with Gasteiger partial charge in [0.05, 0.1) is 30.2 Å². The lowest BCUT2D eigenvalue weighted by Gasteiger charge is -2.14. The van der Waals surface area contributed by atoms with Crippen LogP contribution in [0.25, 0.3) is 6.08 Å². The second kappa shape index (κ2) is 8.84. The van der Waals surface area contributed by atoms with Crippen LogP contribution in [0.1, 0.15) is 44.3 Å². The van der Waals surface area contributed by atoms with Crippen LogP contribution in [-0.2, 0) is 25.7 Å². The molecule has 0 bridgehead atoms. The van der Waals surface area contributed by atoms with Crippen molar-refractivity contribution in [2.24, 2.45) is 0 Å². The molecular weight excluding hydrogens is 380 g/mol. The maximum atomic E-state index is 12.3. The van der Waals surface area contributed by atoms with E-state index in [1.807, 2.05) is 6.92 Å². The van der Waals surface area contributed by atoms with Gasteiger partial charge in [0.1, 0.15) is 0 Å². The van der Waals surface area contributed by atoms with Crippen molar-refractivity contribution in [1.82, 2.24) is 0 Å². The molecule has 0 fully saturated rings. The van der Waals surface area contributed by atoms with Gasteiger partial charge in [-0.2, -0.15) is 0 Å². The van der Waals surface area contributed by atoms with E-state index in [1.165, 1.54) is 32.4 Å². The van der Waals surface area contributed by atoms with Crippen LogP contribution in [0.15, 0.2) is 47.4 Å². The molecule has 148 valence electrons. The Labute approximate surface area is 164 Å². The normalized spacial score (nSPS) is 11.4. The molecule has 0 radical (unpaired) electrons. The van der Waals surface area contributed by atoms with Gasteiger partial charge in [0.15, 0.2) is 9.84 Å². The smallest absolute Gasteiger partial charge is 0.338 e. The highest BCUT2D eigenvalue weighted by Gasteiger charge is 2.19. The predicted molar refractivity (Wildman–Crippen MR) is 106 cm³/mol. The molecule has 0 spiro atoms. The fraction of sp³-hybridized carbons (Fsp3) is 0.238. The number of sulfone groups is 1. The molecule has 0 atom stereocenters. The van der Waals surface area contributed by atoms with Gasteiger partial charge in [-0.15, -0.1) is 0 Å². The van der Waals surface area contributed by atoms with E-state index < -0.39 is 21.8 Å². The Morgan fingerprint density at radius 3 is 2.11 bits per heavy atom. The molecule has 2 aromatic carbocycles. The quantitative estimate of drug-likeness (QED) is 0.689. The molecule has 2 aromatic rings. The van der Waals surface area contributed by atoms with E-state index in [0.29, 0.717) is 17.5 Å². The number of allylic oxidation sites excluding steroid dienone is 1. The average molecular weight is 402 g/mol. The Morgan fingerprint density at radius 1 is 1.00 bits per heavy atom. The monoisotopic (exact) mass is 402 g/mol. The molecule has 7 heteroatoms. The van der Waals surface area contributed by atoms with E-state index in [9.17, 15) is 18.0 Å². The molecular formula is C21H22O6S. The van der Waals surface area contributed by atoms with Crippen LogP contribution < -0.4 is 0 Å². The van der Waals surface area contributed by atoms with Gasteiger partial charge in [-0.3, -0.25) is 0 Å². The van der Waals surface area contributed by atoms with Crippen LogP contribution in [0.5, 0.6) is 0 Å². The number of esters is 2. The molecule has 0 saturated heterocycles. The van der Waals surface area contributed by atoms with Gasteiger partial charge < -0.3 is 9.47 Å². The third-order valence-electron chi connectivity index (χ3n) is 4.17. The number of rotatable bonds is 6. The Balaban J connectivity index is 2.59. The van der Waals surface area contributed by atoms with Crippen molar-refractivity contribution >= 4 is 27.9 Å². The topological polar surface area (TPSA) is 86.7 Å². The standard InChI is InChI=1S/C21H22O6S/c1-5-6-18-15(11-14-7-9-17(10-8-14)28(4,24)25)12-16(20(22)26-2)13-19(18)21(23)27-3/h5-10,12-13H,11H2,1-4H3/b6-5+. The first-order chi connectivity index (χ1) is 13.2. The van der Waals surface area contributed by atoms with Gasteiger partial charge >= 0.3 is 11.9 Å². The summed E-state index contributed by atoms with van der Waals surface area (Å²) in [6.45, 7) is 1.82. The van der Waals surface area contributed by atoms with E-state index in [2.05, 4.69) is 0 Å². The Kier molecular flexibility index (Phi) is 6.75. The zero-order chi connectivity index (χ0) is 20.9. The van der Waals surface area contributed by atoms with Crippen molar-refractivity contribution in [3.8, 4) is 0 Å². The van der Waals surface area contributed by atoms with Crippen molar-refractivity contribution in [3.05, 3.63) is 70.3 Å². The SMILES string of the molecule is C/C=C/c1c(Cc2ccc(S(C)(=O)=O)cc2)cc(C(=O)OC)cc1C(=O)OC. The van der Waals surface area contributed by atoms with Crippen molar-refractivity contribution < 1.29 is 27.5 Å². The number of hydrogen-bond acceptors (Lipinski definition) is 6. The van der Waals surface area contributed by atoms with Crippen LogP contribution >= 0.6 is 0 Å². The van der Waals surface area contributed by atoms with Crippen molar-refractivity contribution in [1.29, 1.82) is 0 Å². The minimum absolute atomic E-state index is 0.225. The average Bonchev–Trinajstić information content (AvgIpc) is 2.67. The van der Waals surface area contributed by atoms with Crippen LogP contribution in [0.2, 0.25) is 0 Å². The molecule has 0 aromatic heterocycles. The molecule has 0 heterocycles. The van der Waals surface area contributed by atoms with Crippen LogP contribution in [-0.4, -0.2) is 40.8 Å². The van der Waals surface area contributed by atoms with Gasteiger partial charge in [0, 0.05) is 6.26 Å². The summed E-state index contributed by atoms with van der Waals surface area (Å²) in [5.74, 6) is -1.13. The summed E-state index contributed by atoms with van der Waals surface area (Å²) in [6, 6.07) is 9.59. The minimum atomic E-state index is -3.29. The maximum absolute atomic E-state index is 12.3. The highest BCUT2D eigenvalue weighted by Crippen LogP contribution is 2.25. The first-order valence-electron chi connectivity index (χ1n) is 8.46. The number of benzene rings is 2. The van der Waals surface area contributed by atoms with Gasteiger partial charge in [-0.05, 0) is 54.3 Å². The summed E-state index contributed by atoms with van der Waals surface area (Å²) in [5, 5.41) is 0. The molecule has 0 aliphatic heterocycles. The maximum Gasteiger partial charge on any atom is 0.338 e.